The van der Waals surface area contributed by atoms with Gasteiger partial charge in [0.1, 0.15) is 13.2 Å². The van der Waals surface area contributed by atoms with Crippen molar-refractivity contribution in [2.45, 2.75) is 6.42 Å². The van der Waals surface area contributed by atoms with E-state index < -0.39 is 0 Å². The molecular weight excluding hydrogens is 194 g/mol. The van der Waals surface area contributed by atoms with Crippen molar-refractivity contribution in [1.82, 2.24) is 0 Å². The van der Waals surface area contributed by atoms with Gasteiger partial charge in [-0.1, -0.05) is 0 Å². The summed E-state index contributed by atoms with van der Waals surface area (Å²) < 4.78 is 16.5. The van der Waals surface area contributed by atoms with Gasteiger partial charge in [-0.15, -0.1) is 0 Å². The molecule has 0 aromatic heterocycles. The molecule has 0 unspecified atom stereocenters. The van der Waals surface area contributed by atoms with Gasteiger partial charge in [-0.2, -0.15) is 0 Å². The second kappa shape index (κ2) is 3.22. The SMILES string of the molecule is COc1c2c(cc3c1OCCO3)CCN2. The number of methoxy groups -OCH3 is 1. The highest BCUT2D eigenvalue weighted by Gasteiger charge is 2.25. The molecular formula is C11H13NO3. The number of fused-ring (bicyclic) bond motifs is 2. The zero-order valence-corrected chi connectivity index (χ0v) is 8.63. The first-order chi connectivity index (χ1) is 7.40. The fourth-order valence-electron chi connectivity index (χ4n) is 2.11. The summed E-state index contributed by atoms with van der Waals surface area (Å²) >= 11 is 0. The molecule has 0 aliphatic carbocycles. The van der Waals surface area contributed by atoms with Gasteiger partial charge in [-0.25, -0.2) is 0 Å². The molecule has 0 spiro atoms. The molecule has 0 bridgehead atoms. The van der Waals surface area contributed by atoms with Crippen molar-refractivity contribution < 1.29 is 14.2 Å². The summed E-state index contributed by atoms with van der Waals surface area (Å²) in [6.07, 6.45) is 1.02. The van der Waals surface area contributed by atoms with Crippen molar-refractivity contribution in [1.29, 1.82) is 0 Å². The lowest BCUT2D eigenvalue weighted by atomic mass is 10.1. The van der Waals surface area contributed by atoms with Gasteiger partial charge in [0.05, 0.1) is 12.8 Å². The monoisotopic (exact) mass is 207 g/mol. The highest BCUT2D eigenvalue weighted by Crippen LogP contribution is 2.48. The van der Waals surface area contributed by atoms with E-state index in [1.807, 2.05) is 6.07 Å². The second-order valence-corrected chi connectivity index (χ2v) is 3.64. The third-order valence-electron chi connectivity index (χ3n) is 2.77. The van der Waals surface area contributed by atoms with E-state index in [1.165, 1.54) is 5.56 Å². The summed E-state index contributed by atoms with van der Waals surface area (Å²) in [7, 11) is 1.66. The lowest BCUT2D eigenvalue weighted by molar-refractivity contribution is 0.165. The van der Waals surface area contributed by atoms with Crippen LogP contribution in [0.25, 0.3) is 0 Å². The fourth-order valence-corrected chi connectivity index (χ4v) is 2.11. The van der Waals surface area contributed by atoms with Crippen molar-refractivity contribution in [2.75, 3.05) is 32.2 Å². The molecule has 0 saturated carbocycles. The van der Waals surface area contributed by atoms with E-state index in [4.69, 9.17) is 14.2 Å². The first-order valence-corrected chi connectivity index (χ1v) is 5.13. The van der Waals surface area contributed by atoms with Gasteiger partial charge in [-0.05, 0) is 18.1 Å². The minimum Gasteiger partial charge on any atom is -0.491 e. The van der Waals surface area contributed by atoms with Crippen LogP contribution in [0.1, 0.15) is 5.56 Å². The van der Waals surface area contributed by atoms with Gasteiger partial charge < -0.3 is 19.5 Å². The van der Waals surface area contributed by atoms with Gasteiger partial charge in [0.2, 0.25) is 5.75 Å². The number of hydrogen-bond acceptors (Lipinski definition) is 4. The third-order valence-corrected chi connectivity index (χ3v) is 2.77. The molecule has 4 heteroatoms. The standard InChI is InChI=1S/C11H13NO3/c1-13-11-9-7(2-3-12-9)6-8-10(11)15-5-4-14-8/h6,12H,2-5H2,1H3. The van der Waals surface area contributed by atoms with Crippen molar-refractivity contribution in [3.8, 4) is 17.2 Å². The highest BCUT2D eigenvalue weighted by molar-refractivity contribution is 5.74. The van der Waals surface area contributed by atoms with Crippen LogP contribution >= 0.6 is 0 Å². The van der Waals surface area contributed by atoms with E-state index in [0.717, 1.165) is 35.9 Å². The Morgan fingerprint density at radius 1 is 1.33 bits per heavy atom. The molecule has 2 aliphatic heterocycles. The van der Waals surface area contributed by atoms with E-state index in [2.05, 4.69) is 5.32 Å². The molecule has 4 nitrogen and oxygen atoms in total. The molecule has 3 rings (SSSR count). The summed E-state index contributed by atoms with van der Waals surface area (Å²) in [5.41, 5.74) is 2.30. The van der Waals surface area contributed by atoms with Crippen LogP contribution in [0.15, 0.2) is 6.07 Å². The predicted molar refractivity (Wildman–Crippen MR) is 56.2 cm³/mol. The van der Waals surface area contributed by atoms with Gasteiger partial charge in [0.25, 0.3) is 0 Å². The zero-order valence-electron chi connectivity index (χ0n) is 8.63. The topological polar surface area (TPSA) is 39.7 Å². The van der Waals surface area contributed by atoms with E-state index in [1.54, 1.807) is 7.11 Å². The van der Waals surface area contributed by atoms with E-state index >= 15 is 0 Å². The molecule has 2 aliphatic rings. The van der Waals surface area contributed by atoms with E-state index in [9.17, 15) is 0 Å². The van der Waals surface area contributed by atoms with Gasteiger partial charge >= 0.3 is 0 Å². The fraction of sp³-hybridized carbons (Fsp3) is 0.455. The molecule has 0 atom stereocenters. The molecule has 0 amide bonds. The van der Waals surface area contributed by atoms with Gasteiger partial charge in [-0.3, -0.25) is 0 Å². The Morgan fingerprint density at radius 2 is 2.20 bits per heavy atom. The molecule has 0 fully saturated rings. The van der Waals surface area contributed by atoms with Gasteiger partial charge in [0.15, 0.2) is 11.5 Å². The maximum absolute atomic E-state index is 5.58. The highest BCUT2D eigenvalue weighted by atomic mass is 16.6. The Hall–Kier alpha value is -1.58. The zero-order chi connectivity index (χ0) is 10.3. The largest absolute Gasteiger partial charge is 0.491 e. The summed E-state index contributed by atoms with van der Waals surface area (Å²) in [5, 5.41) is 3.31. The Labute approximate surface area is 88.1 Å². The summed E-state index contributed by atoms with van der Waals surface area (Å²) in [5.74, 6) is 2.32. The van der Waals surface area contributed by atoms with Crippen LogP contribution < -0.4 is 19.5 Å². The molecule has 1 aromatic carbocycles. The van der Waals surface area contributed by atoms with Crippen LogP contribution in [0.3, 0.4) is 0 Å². The lowest BCUT2D eigenvalue weighted by Gasteiger charge is -2.22. The lowest BCUT2D eigenvalue weighted by Crippen LogP contribution is -2.16. The van der Waals surface area contributed by atoms with E-state index in [-0.39, 0.29) is 0 Å². The second-order valence-electron chi connectivity index (χ2n) is 3.64. The Kier molecular flexibility index (Phi) is 1.87. The van der Waals surface area contributed by atoms with Crippen LogP contribution in [0.4, 0.5) is 5.69 Å². The quantitative estimate of drug-likeness (QED) is 0.756. The maximum Gasteiger partial charge on any atom is 0.205 e. The first-order valence-electron chi connectivity index (χ1n) is 5.13. The number of rotatable bonds is 1. The molecule has 0 radical (unpaired) electrons. The maximum atomic E-state index is 5.58. The van der Waals surface area contributed by atoms with Crippen LogP contribution in [0, 0.1) is 0 Å². The summed E-state index contributed by atoms with van der Waals surface area (Å²) in [4.78, 5) is 0. The molecule has 0 saturated heterocycles. The average molecular weight is 207 g/mol. The van der Waals surface area contributed by atoms with Crippen LogP contribution in [-0.4, -0.2) is 26.9 Å². The normalized spacial score (nSPS) is 16.9. The molecule has 1 N–H and O–H groups in total. The Balaban J connectivity index is 2.19. The van der Waals surface area contributed by atoms with Crippen molar-refractivity contribution >= 4 is 5.69 Å². The molecule has 80 valence electrons. The smallest absolute Gasteiger partial charge is 0.205 e. The van der Waals surface area contributed by atoms with Crippen molar-refractivity contribution in [3.63, 3.8) is 0 Å². The van der Waals surface area contributed by atoms with Crippen molar-refractivity contribution in [3.05, 3.63) is 11.6 Å². The van der Waals surface area contributed by atoms with Gasteiger partial charge in [0, 0.05) is 6.54 Å². The first kappa shape index (κ1) is 8.71. The minimum atomic E-state index is 0.585. The minimum absolute atomic E-state index is 0.585. The Bertz CT molecular complexity index is 403. The summed E-state index contributed by atoms with van der Waals surface area (Å²) in [6, 6.07) is 2.05. The molecule has 15 heavy (non-hydrogen) atoms. The number of hydrogen-bond donors (Lipinski definition) is 1. The Morgan fingerprint density at radius 3 is 3.07 bits per heavy atom. The van der Waals surface area contributed by atoms with Crippen LogP contribution in [0.5, 0.6) is 17.2 Å². The van der Waals surface area contributed by atoms with Crippen molar-refractivity contribution in [2.24, 2.45) is 0 Å². The summed E-state index contributed by atoms with van der Waals surface area (Å²) in [6.45, 7) is 2.15. The average Bonchev–Trinajstić information content (AvgIpc) is 2.73. The number of anilines is 1. The molecule has 1 aromatic rings. The number of benzene rings is 1. The third kappa shape index (κ3) is 1.21. The van der Waals surface area contributed by atoms with Crippen LogP contribution in [-0.2, 0) is 6.42 Å². The number of nitrogens with one attached hydrogen (secondary N) is 1. The predicted octanol–water partition coefficient (Wildman–Crippen LogP) is 1.43. The number of ether oxygens (including phenoxy) is 3. The van der Waals surface area contributed by atoms with E-state index in [0.29, 0.717) is 13.2 Å². The van der Waals surface area contributed by atoms with Crippen LogP contribution in [0.2, 0.25) is 0 Å². The molecule has 2 heterocycles.